The monoisotopic (exact) mass is 356 g/mol. The number of ether oxygens (including phenoxy) is 1. The van der Waals surface area contributed by atoms with Crippen molar-refractivity contribution in [2.75, 3.05) is 12.4 Å². The Morgan fingerprint density at radius 2 is 2.00 bits per heavy atom. The first-order chi connectivity index (χ1) is 11.0. The van der Waals surface area contributed by atoms with Crippen LogP contribution in [0.2, 0.25) is 10.0 Å². The number of nitrogens with zero attached hydrogens (tertiary/aromatic N) is 1. The van der Waals surface area contributed by atoms with Crippen molar-refractivity contribution in [1.29, 1.82) is 0 Å². The molecule has 2 aromatic carbocycles. The van der Waals surface area contributed by atoms with Crippen molar-refractivity contribution in [3.63, 3.8) is 0 Å². The number of fused-ring (bicyclic) bond motifs is 1. The summed E-state index contributed by atoms with van der Waals surface area (Å²) in [5.41, 5.74) is 1.46. The topological polar surface area (TPSA) is 67.5 Å². The molecule has 0 amide bonds. The lowest BCUT2D eigenvalue weighted by Crippen LogP contribution is -2.03. The fraction of sp³-hybridized carbons (Fsp3) is 0.133. The summed E-state index contributed by atoms with van der Waals surface area (Å²) >= 11 is 11.9. The summed E-state index contributed by atoms with van der Waals surface area (Å²) in [5.74, 6) is -0.582. The second-order valence-corrected chi connectivity index (χ2v) is 5.52. The van der Waals surface area contributed by atoms with Crippen LogP contribution in [0.15, 0.2) is 34.7 Å². The van der Waals surface area contributed by atoms with Gasteiger partial charge in [0, 0.05) is 24.4 Å². The maximum absolute atomic E-state index is 13.7. The maximum atomic E-state index is 13.7. The lowest BCUT2D eigenvalue weighted by Gasteiger charge is -2.11. The normalized spacial score (nSPS) is 12.6. The quantitative estimate of drug-likeness (QED) is 0.665. The van der Waals surface area contributed by atoms with Crippen LogP contribution >= 0.6 is 23.2 Å². The van der Waals surface area contributed by atoms with Crippen LogP contribution in [0.1, 0.15) is 11.9 Å². The van der Waals surface area contributed by atoms with Crippen LogP contribution in [0.5, 0.6) is 0 Å². The molecule has 0 spiro atoms. The van der Waals surface area contributed by atoms with Crippen molar-refractivity contribution in [3.8, 4) is 0 Å². The summed E-state index contributed by atoms with van der Waals surface area (Å²) < 4.78 is 23.9. The second-order valence-electron chi connectivity index (χ2n) is 4.70. The summed E-state index contributed by atoms with van der Waals surface area (Å²) in [6.07, 6.45) is -1.36. The number of anilines is 2. The van der Waals surface area contributed by atoms with Gasteiger partial charge in [0.15, 0.2) is 11.9 Å². The van der Waals surface area contributed by atoms with E-state index in [0.29, 0.717) is 26.8 Å². The molecular weight excluding hydrogens is 346 g/mol. The average Bonchev–Trinajstić information content (AvgIpc) is 2.90. The molecule has 0 aliphatic heterocycles. The van der Waals surface area contributed by atoms with Crippen molar-refractivity contribution in [2.45, 2.75) is 6.29 Å². The Balaban J connectivity index is 1.93. The first-order valence-corrected chi connectivity index (χ1v) is 7.26. The molecule has 0 aliphatic carbocycles. The highest BCUT2D eigenvalue weighted by molar-refractivity contribution is 6.42. The molecule has 23 heavy (non-hydrogen) atoms. The maximum Gasteiger partial charge on any atom is 0.300 e. The number of methoxy groups -OCH3 is 1. The van der Waals surface area contributed by atoms with E-state index in [9.17, 15) is 9.50 Å². The molecule has 1 heterocycles. The molecule has 0 radical (unpaired) electrons. The lowest BCUT2D eigenvalue weighted by molar-refractivity contribution is -0.0789. The summed E-state index contributed by atoms with van der Waals surface area (Å²) in [5, 5.41) is 13.2. The van der Waals surface area contributed by atoms with Gasteiger partial charge in [0.05, 0.1) is 10.0 Å². The molecule has 2 N–H and O–H groups in total. The zero-order chi connectivity index (χ0) is 16.6. The molecule has 3 aromatic rings. The minimum Gasteiger partial charge on any atom is -0.423 e. The van der Waals surface area contributed by atoms with Crippen LogP contribution in [-0.2, 0) is 4.74 Å². The van der Waals surface area contributed by atoms with Gasteiger partial charge in [-0.2, -0.15) is 4.98 Å². The van der Waals surface area contributed by atoms with Gasteiger partial charge in [-0.25, -0.2) is 4.39 Å². The number of nitrogens with one attached hydrogen (secondary N) is 1. The number of hydrogen-bond donors (Lipinski definition) is 2. The van der Waals surface area contributed by atoms with E-state index in [-0.39, 0.29) is 11.6 Å². The van der Waals surface area contributed by atoms with Crippen LogP contribution in [0.3, 0.4) is 0 Å². The molecule has 0 saturated carbocycles. The summed E-state index contributed by atoms with van der Waals surface area (Å²) in [6.45, 7) is 0. The van der Waals surface area contributed by atoms with Crippen LogP contribution < -0.4 is 5.32 Å². The lowest BCUT2D eigenvalue weighted by atomic mass is 10.2. The van der Waals surface area contributed by atoms with Gasteiger partial charge in [-0.05, 0) is 24.3 Å². The molecule has 120 valence electrons. The van der Waals surface area contributed by atoms with Crippen LogP contribution in [0, 0.1) is 5.82 Å². The molecule has 1 unspecified atom stereocenters. The van der Waals surface area contributed by atoms with Crippen molar-refractivity contribution in [3.05, 3.63) is 51.8 Å². The first kappa shape index (κ1) is 16.0. The van der Waals surface area contributed by atoms with Crippen LogP contribution in [0.25, 0.3) is 11.1 Å². The molecule has 5 nitrogen and oxygen atoms in total. The number of aliphatic hydroxyl groups excluding tert-OH is 1. The smallest absolute Gasteiger partial charge is 0.300 e. The van der Waals surface area contributed by atoms with Gasteiger partial charge >= 0.3 is 0 Å². The third kappa shape index (κ3) is 3.25. The van der Waals surface area contributed by atoms with Crippen molar-refractivity contribution >= 4 is 46.0 Å². The number of halogens is 3. The fourth-order valence-corrected chi connectivity index (χ4v) is 2.35. The summed E-state index contributed by atoms with van der Waals surface area (Å²) in [7, 11) is 1.28. The molecule has 0 saturated heterocycles. The Morgan fingerprint density at radius 1 is 1.26 bits per heavy atom. The molecule has 0 bridgehead atoms. The molecule has 1 aromatic heterocycles. The van der Waals surface area contributed by atoms with E-state index in [4.69, 9.17) is 32.4 Å². The minimum atomic E-state index is -1.36. The molecular formula is C15H11Cl2FN2O3. The predicted molar refractivity (Wildman–Crippen MR) is 85.7 cm³/mol. The van der Waals surface area contributed by atoms with E-state index in [1.807, 2.05) is 0 Å². The predicted octanol–water partition coefficient (Wildman–Crippen LogP) is 4.65. The Bertz CT molecular complexity index is 830. The van der Waals surface area contributed by atoms with E-state index in [1.165, 1.54) is 25.3 Å². The van der Waals surface area contributed by atoms with Gasteiger partial charge in [-0.15, -0.1) is 0 Å². The summed E-state index contributed by atoms with van der Waals surface area (Å²) in [6, 6.07) is 7.41. The third-order valence-electron chi connectivity index (χ3n) is 3.17. The molecule has 3 rings (SSSR count). The number of aromatic nitrogens is 1. The Kier molecular flexibility index (Phi) is 4.41. The largest absolute Gasteiger partial charge is 0.423 e. The van der Waals surface area contributed by atoms with Gasteiger partial charge in [0.1, 0.15) is 11.3 Å². The third-order valence-corrected chi connectivity index (χ3v) is 3.89. The zero-order valence-electron chi connectivity index (χ0n) is 11.8. The standard InChI is InChI=1S/C15H11Cl2FN2O3/c1-22-14(21)8-4-7(2-3-11(8)18)19-15-20-12-5-9(16)10(17)6-13(12)23-15/h2-6,14,21H,1H3,(H,19,20). The van der Waals surface area contributed by atoms with Crippen molar-refractivity contribution < 1.29 is 18.7 Å². The minimum absolute atomic E-state index is 0.000278. The summed E-state index contributed by atoms with van der Waals surface area (Å²) in [4.78, 5) is 4.22. The van der Waals surface area contributed by atoms with Gasteiger partial charge in [-0.3, -0.25) is 0 Å². The Morgan fingerprint density at radius 3 is 2.74 bits per heavy atom. The fourth-order valence-electron chi connectivity index (χ4n) is 2.04. The average molecular weight is 357 g/mol. The highest BCUT2D eigenvalue weighted by Crippen LogP contribution is 2.31. The SMILES string of the molecule is COC(O)c1cc(Nc2nc3cc(Cl)c(Cl)cc3o2)ccc1F. The van der Waals surface area contributed by atoms with Crippen molar-refractivity contribution in [2.24, 2.45) is 0 Å². The van der Waals surface area contributed by atoms with Crippen molar-refractivity contribution in [1.82, 2.24) is 4.98 Å². The van der Waals surface area contributed by atoms with E-state index in [2.05, 4.69) is 10.3 Å². The Hall–Kier alpha value is -1.86. The van der Waals surface area contributed by atoms with Crippen LogP contribution in [0.4, 0.5) is 16.1 Å². The van der Waals surface area contributed by atoms with E-state index < -0.39 is 12.1 Å². The number of aliphatic hydroxyl groups is 1. The van der Waals surface area contributed by atoms with Gasteiger partial charge in [0.2, 0.25) is 0 Å². The second kappa shape index (κ2) is 6.33. The molecule has 0 fully saturated rings. The highest BCUT2D eigenvalue weighted by Gasteiger charge is 2.14. The highest BCUT2D eigenvalue weighted by atomic mass is 35.5. The van der Waals surface area contributed by atoms with Gasteiger partial charge in [0.25, 0.3) is 6.01 Å². The number of benzene rings is 2. The van der Waals surface area contributed by atoms with Crippen LogP contribution in [-0.4, -0.2) is 17.2 Å². The molecule has 0 aliphatic rings. The van der Waals surface area contributed by atoms with E-state index in [1.54, 1.807) is 12.1 Å². The molecule has 1 atom stereocenters. The number of rotatable bonds is 4. The number of hydrogen-bond acceptors (Lipinski definition) is 5. The zero-order valence-corrected chi connectivity index (χ0v) is 13.3. The number of oxazole rings is 1. The van der Waals surface area contributed by atoms with Gasteiger partial charge < -0.3 is 19.6 Å². The molecule has 8 heteroatoms. The van der Waals surface area contributed by atoms with E-state index >= 15 is 0 Å². The van der Waals surface area contributed by atoms with E-state index in [0.717, 1.165) is 0 Å². The Labute approximate surface area is 140 Å². The first-order valence-electron chi connectivity index (χ1n) is 6.51. The van der Waals surface area contributed by atoms with Gasteiger partial charge in [-0.1, -0.05) is 23.2 Å².